The van der Waals surface area contributed by atoms with Gasteiger partial charge in [0.1, 0.15) is 6.07 Å². The molecule has 4 rings (SSSR count). The molecule has 6 nitrogen and oxygen atoms in total. The lowest BCUT2D eigenvalue weighted by Crippen LogP contribution is -2.35. The normalized spacial score (nSPS) is 15.5. The Morgan fingerprint density at radius 2 is 2.13 bits per heavy atom. The molecule has 1 aliphatic heterocycles. The van der Waals surface area contributed by atoms with E-state index >= 15 is 0 Å². The van der Waals surface area contributed by atoms with Gasteiger partial charge in [0.2, 0.25) is 0 Å². The average molecular weight is 416 g/mol. The maximum Gasteiger partial charge on any atom is 0.103 e. The molecule has 3 heterocycles. The van der Waals surface area contributed by atoms with Crippen LogP contribution in [-0.4, -0.2) is 46.2 Å². The first kappa shape index (κ1) is 21.1. The van der Waals surface area contributed by atoms with Crippen molar-refractivity contribution < 1.29 is 5.11 Å². The van der Waals surface area contributed by atoms with E-state index < -0.39 is 0 Å². The van der Waals surface area contributed by atoms with E-state index in [1.165, 1.54) is 5.39 Å². The van der Waals surface area contributed by atoms with Crippen LogP contribution >= 0.6 is 0 Å². The van der Waals surface area contributed by atoms with Gasteiger partial charge in [0.25, 0.3) is 0 Å². The number of benzene rings is 1. The summed E-state index contributed by atoms with van der Waals surface area (Å²) in [5.74, 6) is 0.467. The summed E-state index contributed by atoms with van der Waals surface area (Å²) in [7, 11) is 0. The van der Waals surface area contributed by atoms with E-state index in [0.717, 1.165) is 66.9 Å². The van der Waals surface area contributed by atoms with Crippen molar-refractivity contribution in [3.63, 3.8) is 0 Å². The number of nitrogens with zero attached hydrogens (tertiary/aromatic N) is 3. The molecule has 0 aliphatic carbocycles. The summed E-state index contributed by atoms with van der Waals surface area (Å²) in [6, 6.07) is 8.42. The Labute approximate surface area is 183 Å². The number of aryl methyl sites for hydroxylation is 1. The zero-order valence-corrected chi connectivity index (χ0v) is 17.9. The number of aliphatic hydroxyl groups is 1. The highest BCUT2D eigenvalue weighted by atomic mass is 16.3. The number of H-pyrrole nitrogens is 1. The van der Waals surface area contributed by atoms with Gasteiger partial charge in [-0.25, -0.2) is 0 Å². The van der Waals surface area contributed by atoms with Crippen molar-refractivity contribution in [2.45, 2.75) is 26.2 Å². The fourth-order valence-corrected chi connectivity index (χ4v) is 4.24. The second kappa shape index (κ2) is 9.78. The molecule has 0 unspecified atom stereocenters. The molecule has 0 spiro atoms. The summed E-state index contributed by atoms with van der Waals surface area (Å²) < 4.78 is 0. The number of aromatic nitrogens is 2. The summed E-state index contributed by atoms with van der Waals surface area (Å²) in [5.41, 5.74) is 5.45. The van der Waals surface area contributed by atoms with Crippen molar-refractivity contribution in [3.05, 3.63) is 59.6 Å². The Balaban J connectivity index is 1.48. The third-order valence-electron chi connectivity index (χ3n) is 6.23. The molecule has 0 bridgehead atoms. The largest absolute Gasteiger partial charge is 0.396 e. The first-order chi connectivity index (χ1) is 15.2. The molecule has 160 valence electrons. The highest BCUT2D eigenvalue weighted by Gasteiger charge is 2.17. The van der Waals surface area contributed by atoms with E-state index in [-0.39, 0.29) is 0 Å². The number of fused-ring (bicyclic) bond motifs is 1. The van der Waals surface area contributed by atoms with Crippen molar-refractivity contribution in [3.8, 4) is 6.07 Å². The Morgan fingerprint density at radius 1 is 1.29 bits per heavy atom. The number of anilines is 2. The van der Waals surface area contributed by atoms with E-state index in [1.54, 1.807) is 12.4 Å². The number of likely N-dealkylation sites (tertiary alicyclic amines) is 1. The number of rotatable bonds is 7. The van der Waals surface area contributed by atoms with Crippen LogP contribution < -0.4 is 5.32 Å². The first-order valence-electron chi connectivity index (χ1n) is 10.9. The average Bonchev–Trinajstić information content (AvgIpc) is 3.29. The summed E-state index contributed by atoms with van der Waals surface area (Å²) >= 11 is 0. The lowest BCUT2D eigenvalue weighted by molar-refractivity contribution is 0.133. The van der Waals surface area contributed by atoms with Crippen LogP contribution in [0, 0.1) is 24.2 Å². The molecule has 1 aromatic carbocycles. The lowest BCUT2D eigenvalue weighted by atomic mass is 9.98. The van der Waals surface area contributed by atoms with Crippen LogP contribution in [0.1, 0.15) is 36.0 Å². The fourth-order valence-electron chi connectivity index (χ4n) is 4.24. The van der Waals surface area contributed by atoms with Crippen molar-refractivity contribution >= 4 is 28.4 Å². The Kier molecular flexibility index (Phi) is 6.66. The highest BCUT2D eigenvalue weighted by Crippen LogP contribution is 2.30. The molecule has 0 amide bonds. The van der Waals surface area contributed by atoms with E-state index in [2.05, 4.69) is 51.4 Å². The minimum atomic E-state index is 0.308. The first-order valence-corrected chi connectivity index (χ1v) is 10.9. The molecule has 1 aliphatic rings. The molecule has 0 atom stereocenters. The molecule has 3 N–H and O–H groups in total. The summed E-state index contributed by atoms with van der Waals surface area (Å²) in [6.07, 6.45) is 12.7. The predicted molar refractivity (Wildman–Crippen MR) is 125 cm³/mol. The highest BCUT2D eigenvalue weighted by molar-refractivity contribution is 5.89. The van der Waals surface area contributed by atoms with Crippen LogP contribution in [0.2, 0.25) is 0 Å². The van der Waals surface area contributed by atoms with Gasteiger partial charge in [0, 0.05) is 53.9 Å². The number of piperidine rings is 1. The molecule has 2 aromatic heterocycles. The van der Waals surface area contributed by atoms with Crippen molar-refractivity contribution in [1.29, 1.82) is 5.26 Å². The standard InChI is InChI=1S/C25H29N5O/c1-18-22-7-10-28-24(22)6-5-23(18)29-25-20(15-27-16-21(25)14-26)4-2-3-11-30-12-8-19(17-31)9-13-30/h2,4-7,10,15-16,19,28,31H,3,8-9,11-13,17H2,1H3,(H,27,29)/b4-2+. The number of hydrogen-bond donors (Lipinski definition) is 3. The van der Waals surface area contributed by atoms with Gasteiger partial charge in [0.05, 0.1) is 11.3 Å². The van der Waals surface area contributed by atoms with E-state index in [4.69, 9.17) is 0 Å². The Hall–Kier alpha value is -3.14. The van der Waals surface area contributed by atoms with Gasteiger partial charge in [-0.05, 0) is 69.0 Å². The molecular weight excluding hydrogens is 386 g/mol. The summed E-state index contributed by atoms with van der Waals surface area (Å²) in [4.78, 5) is 9.94. The number of hydrogen-bond acceptors (Lipinski definition) is 5. The lowest BCUT2D eigenvalue weighted by Gasteiger charge is -2.30. The fraction of sp³-hybridized carbons (Fsp3) is 0.360. The van der Waals surface area contributed by atoms with Crippen molar-refractivity contribution in [1.82, 2.24) is 14.9 Å². The van der Waals surface area contributed by atoms with E-state index in [9.17, 15) is 10.4 Å². The van der Waals surface area contributed by atoms with Crippen LogP contribution in [0.25, 0.3) is 17.0 Å². The van der Waals surface area contributed by atoms with Crippen LogP contribution in [0.4, 0.5) is 11.4 Å². The van der Waals surface area contributed by atoms with Gasteiger partial charge in [-0.3, -0.25) is 4.98 Å². The van der Waals surface area contributed by atoms with E-state index in [0.29, 0.717) is 18.1 Å². The molecule has 1 fully saturated rings. The van der Waals surface area contributed by atoms with Crippen molar-refractivity contribution in [2.75, 3.05) is 31.6 Å². The van der Waals surface area contributed by atoms with Crippen LogP contribution in [0.5, 0.6) is 0 Å². The zero-order chi connectivity index (χ0) is 21.6. The SMILES string of the molecule is Cc1c(Nc2c(C#N)cncc2/C=C/CCN2CCC(CO)CC2)ccc2[nH]ccc12. The predicted octanol–water partition coefficient (Wildman–Crippen LogP) is 4.59. The van der Waals surface area contributed by atoms with Gasteiger partial charge < -0.3 is 20.3 Å². The maximum absolute atomic E-state index is 9.63. The van der Waals surface area contributed by atoms with Gasteiger partial charge in [-0.15, -0.1) is 0 Å². The molecular formula is C25H29N5O. The van der Waals surface area contributed by atoms with Crippen LogP contribution in [0.3, 0.4) is 0 Å². The second-order valence-corrected chi connectivity index (χ2v) is 8.22. The number of nitriles is 1. The topological polar surface area (TPSA) is 88.0 Å². The van der Waals surface area contributed by atoms with Gasteiger partial charge in [-0.2, -0.15) is 5.26 Å². The summed E-state index contributed by atoms with van der Waals surface area (Å²) in [6.45, 7) is 5.51. The third kappa shape index (κ3) is 4.79. The van der Waals surface area contributed by atoms with Crippen LogP contribution in [0.15, 0.2) is 42.9 Å². The second-order valence-electron chi connectivity index (χ2n) is 8.22. The monoisotopic (exact) mass is 415 g/mol. The molecule has 3 aromatic rings. The Bertz CT molecular complexity index is 1100. The zero-order valence-electron chi connectivity index (χ0n) is 17.9. The molecule has 6 heteroatoms. The molecule has 31 heavy (non-hydrogen) atoms. The number of nitrogens with one attached hydrogen (secondary N) is 2. The smallest absolute Gasteiger partial charge is 0.103 e. The molecule has 0 radical (unpaired) electrons. The Morgan fingerprint density at radius 3 is 2.90 bits per heavy atom. The number of pyridine rings is 1. The number of aromatic amines is 1. The van der Waals surface area contributed by atoms with Crippen LogP contribution in [-0.2, 0) is 0 Å². The minimum Gasteiger partial charge on any atom is -0.396 e. The summed E-state index contributed by atoms with van der Waals surface area (Å²) in [5, 5.41) is 23.6. The quantitative estimate of drug-likeness (QED) is 0.525. The van der Waals surface area contributed by atoms with E-state index in [1.807, 2.05) is 18.3 Å². The van der Waals surface area contributed by atoms with Gasteiger partial charge >= 0.3 is 0 Å². The van der Waals surface area contributed by atoms with Gasteiger partial charge in [0.15, 0.2) is 0 Å². The molecule has 1 saturated heterocycles. The maximum atomic E-state index is 9.63. The van der Waals surface area contributed by atoms with Gasteiger partial charge in [-0.1, -0.05) is 12.2 Å². The third-order valence-corrected chi connectivity index (χ3v) is 6.23. The van der Waals surface area contributed by atoms with Crippen molar-refractivity contribution in [2.24, 2.45) is 5.92 Å². The molecule has 0 saturated carbocycles. The number of aliphatic hydroxyl groups excluding tert-OH is 1. The minimum absolute atomic E-state index is 0.308.